The van der Waals surface area contributed by atoms with Gasteiger partial charge in [-0.2, -0.15) is 35.3 Å². The maximum atomic E-state index is 13.7. The predicted octanol–water partition coefficient (Wildman–Crippen LogP) is 20.0. The van der Waals surface area contributed by atoms with E-state index in [1.807, 2.05) is 0 Å². The summed E-state index contributed by atoms with van der Waals surface area (Å²) < 4.78 is 19.0. The minimum atomic E-state index is -0.882. The minimum absolute atomic E-state index is 0.171. The van der Waals surface area contributed by atoms with E-state index < -0.39 is 35.0 Å². The molecule has 0 radical (unpaired) electrons. The topological polar surface area (TPSA) is 145 Å². The van der Waals surface area contributed by atoms with E-state index in [-0.39, 0.29) is 56.7 Å². The van der Waals surface area contributed by atoms with Crippen molar-refractivity contribution in [1.29, 1.82) is 0 Å². The molecule has 0 bridgehead atoms. The fourth-order valence-electron chi connectivity index (χ4n) is 11.4. The monoisotopic (exact) mass is 1280 g/mol. The second kappa shape index (κ2) is 65.4. The third kappa shape index (κ3) is 53.1. The zero-order valence-corrected chi connectivity index (χ0v) is 59.2. The maximum Gasteiger partial charge on any atom is 0.336 e. The molecule has 0 saturated heterocycles. The van der Waals surface area contributed by atoms with E-state index in [1.165, 1.54) is 324 Å². The summed E-state index contributed by atoms with van der Waals surface area (Å²) in [6.07, 6.45) is 67.3. The summed E-state index contributed by atoms with van der Waals surface area (Å²) in [5.74, 6) is 1.78. The Bertz CT molecular complexity index is 1650. The number of carbonyl (C=O) groups is 3. The number of esters is 3. The van der Waals surface area contributed by atoms with Crippen LogP contribution >= 0.6 is 35.3 Å². The minimum Gasteiger partial charge on any atom is -0.463 e. The van der Waals surface area contributed by atoms with Crippen LogP contribution in [0.25, 0.3) is 0 Å². The van der Waals surface area contributed by atoms with Crippen LogP contribution in [0.15, 0.2) is 14.4 Å². The second-order valence-electron chi connectivity index (χ2n) is 25.1. The number of rotatable bonds is 69. The number of nitrogens with zero attached hydrogens (tertiary/aromatic N) is 3. The molecule has 0 spiro atoms. The molecule has 0 aliphatic carbocycles. The van der Waals surface area contributed by atoms with Gasteiger partial charge in [-0.15, -0.1) is 0 Å². The van der Waals surface area contributed by atoms with Gasteiger partial charge >= 0.3 is 35.0 Å². The molecule has 0 atom stereocenters. The van der Waals surface area contributed by atoms with Gasteiger partial charge in [0.15, 0.2) is 0 Å². The highest BCUT2D eigenvalue weighted by Gasteiger charge is 2.18. The summed E-state index contributed by atoms with van der Waals surface area (Å²) in [6, 6.07) is 0. The van der Waals surface area contributed by atoms with E-state index >= 15 is 0 Å². The highest BCUT2D eigenvalue weighted by atomic mass is 32.2. The van der Waals surface area contributed by atoms with Crippen LogP contribution < -0.4 is 17.1 Å². The normalized spacial score (nSPS) is 11.5. The first-order valence-corrected chi connectivity index (χ1v) is 40.4. The van der Waals surface area contributed by atoms with Gasteiger partial charge < -0.3 is 14.2 Å². The molecule has 510 valence electrons. The average Bonchev–Trinajstić information content (AvgIpc) is 1.75. The number of unbranched alkanes of at least 4 members (excludes halogenated alkanes) is 48. The fraction of sp³-hybridized carbons (Fsp3) is 0.917. The molecule has 12 nitrogen and oxygen atoms in total. The van der Waals surface area contributed by atoms with Gasteiger partial charge in [0.05, 0.1) is 36.9 Å². The third-order valence-corrected chi connectivity index (χ3v) is 20.0. The average molecular weight is 1280 g/mol. The molecule has 15 heteroatoms. The smallest absolute Gasteiger partial charge is 0.336 e. The fourth-order valence-corrected chi connectivity index (χ4v) is 13.8. The number of hydrogen-bond donors (Lipinski definition) is 0. The Balaban J connectivity index is 2.49. The molecule has 1 rings (SSSR count). The number of carbonyl (C=O) groups excluding carboxylic acids is 3. The van der Waals surface area contributed by atoms with Gasteiger partial charge in [0.25, 0.3) is 0 Å². The Morgan fingerprint density at radius 3 is 0.563 bits per heavy atom. The highest BCUT2D eigenvalue weighted by Crippen LogP contribution is 2.19. The standard InChI is InChI=1S/C72H135N3O9S3/c1-4-7-10-13-16-19-22-25-28-31-34-37-40-43-46-49-52-61-85-64-67(76)82-58-55-73-70(79)74(56-59-83-68(77)65-86-62-53-50-47-44-41-38-35-32-29-26-23-20-17-14-11-8-5-2)72(81)75(71(73)80)57-60-84-69(78)66-87-63-54-51-48-45-42-39-36-33-30-27-24-21-18-15-12-9-6-3/h4-66H2,1-3H3. The van der Waals surface area contributed by atoms with Crippen molar-refractivity contribution in [2.24, 2.45) is 0 Å². The molecule has 1 heterocycles. The van der Waals surface area contributed by atoms with Crippen LogP contribution in [0.1, 0.15) is 348 Å². The number of aromatic nitrogens is 3. The van der Waals surface area contributed by atoms with Gasteiger partial charge in [-0.05, 0) is 36.5 Å². The summed E-state index contributed by atoms with van der Waals surface area (Å²) >= 11 is 4.57. The van der Waals surface area contributed by atoms with Crippen LogP contribution in [0.5, 0.6) is 0 Å². The molecule has 0 aliphatic rings. The Kier molecular flexibility index (Phi) is 62.3. The zero-order chi connectivity index (χ0) is 63.0. The molecule has 87 heavy (non-hydrogen) atoms. The van der Waals surface area contributed by atoms with E-state index in [0.717, 1.165) is 69.5 Å². The molecule has 0 aliphatic heterocycles. The maximum absolute atomic E-state index is 13.7. The van der Waals surface area contributed by atoms with Crippen molar-refractivity contribution in [2.45, 2.75) is 368 Å². The van der Waals surface area contributed by atoms with Crippen LogP contribution in [0.4, 0.5) is 0 Å². The van der Waals surface area contributed by atoms with Crippen molar-refractivity contribution in [1.82, 2.24) is 13.7 Å². The van der Waals surface area contributed by atoms with Crippen LogP contribution in [-0.4, -0.2) is 85.9 Å². The lowest BCUT2D eigenvalue weighted by molar-refractivity contribution is -0.141. The van der Waals surface area contributed by atoms with Crippen molar-refractivity contribution in [2.75, 3.05) is 54.3 Å². The molecule has 0 aromatic carbocycles. The van der Waals surface area contributed by atoms with Gasteiger partial charge in [0.1, 0.15) is 19.8 Å². The third-order valence-electron chi connectivity index (χ3n) is 17.0. The van der Waals surface area contributed by atoms with Crippen LogP contribution in [0, 0.1) is 0 Å². The number of ether oxygens (including phenoxy) is 3. The van der Waals surface area contributed by atoms with E-state index in [0.29, 0.717) is 0 Å². The van der Waals surface area contributed by atoms with Gasteiger partial charge in [-0.25, -0.2) is 28.1 Å². The molecule has 0 N–H and O–H groups in total. The first-order chi connectivity index (χ1) is 42.8. The Labute approximate surface area is 546 Å². The van der Waals surface area contributed by atoms with Gasteiger partial charge in [-0.1, -0.05) is 329 Å². The number of thioether (sulfide) groups is 3. The lowest BCUT2D eigenvalue weighted by Gasteiger charge is -2.14. The second-order valence-corrected chi connectivity index (χ2v) is 28.4. The van der Waals surface area contributed by atoms with Crippen molar-refractivity contribution in [3.05, 3.63) is 31.5 Å². The largest absolute Gasteiger partial charge is 0.463 e. The summed E-state index contributed by atoms with van der Waals surface area (Å²) in [6.45, 7) is 5.33. The molecule has 0 amide bonds. The summed E-state index contributed by atoms with van der Waals surface area (Å²) in [7, 11) is 0. The van der Waals surface area contributed by atoms with Gasteiger partial charge in [0, 0.05) is 0 Å². The van der Waals surface area contributed by atoms with Crippen molar-refractivity contribution in [3.8, 4) is 0 Å². The molecular weight excluding hydrogens is 1150 g/mol. The van der Waals surface area contributed by atoms with Crippen LogP contribution in [0.3, 0.4) is 0 Å². The Morgan fingerprint density at radius 1 is 0.253 bits per heavy atom. The van der Waals surface area contributed by atoms with Gasteiger partial charge in [0.2, 0.25) is 0 Å². The summed E-state index contributed by atoms with van der Waals surface area (Å²) in [5.41, 5.74) is -2.65. The molecule has 1 aromatic rings. The first-order valence-electron chi connectivity index (χ1n) is 36.9. The molecule has 1 aromatic heterocycles. The predicted molar refractivity (Wildman–Crippen MR) is 377 cm³/mol. The Hall–Kier alpha value is -2.13. The molecule has 0 unspecified atom stereocenters. The zero-order valence-electron chi connectivity index (χ0n) is 56.8. The van der Waals surface area contributed by atoms with E-state index in [9.17, 15) is 28.8 Å². The lowest BCUT2D eigenvalue weighted by Crippen LogP contribution is -2.55. The van der Waals surface area contributed by atoms with Crippen LogP contribution in [0.2, 0.25) is 0 Å². The van der Waals surface area contributed by atoms with E-state index in [1.54, 1.807) is 0 Å². The van der Waals surface area contributed by atoms with Gasteiger partial charge in [-0.3, -0.25) is 14.4 Å². The highest BCUT2D eigenvalue weighted by molar-refractivity contribution is 8.00. The molecule has 0 saturated carbocycles. The van der Waals surface area contributed by atoms with E-state index in [2.05, 4.69) is 20.8 Å². The summed E-state index contributed by atoms with van der Waals surface area (Å²) in [4.78, 5) is 79.2. The van der Waals surface area contributed by atoms with Crippen molar-refractivity contribution in [3.63, 3.8) is 0 Å². The SMILES string of the molecule is CCCCCCCCCCCCCCCCCCCSCC(=O)OCCn1c(=O)n(CCOC(=O)CSCCCCCCCCCCCCCCCCCCC)c(=O)n(CCOC(=O)CSCCCCCCCCCCCCCCCCCCC)c1=O. The quantitative estimate of drug-likeness (QED) is 0.0348. The Morgan fingerprint density at radius 2 is 0.402 bits per heavy atom. The van der Waals surface area contributed by atoms with Crippen molar-refractivity contribution < 1.29 is 28.6 Å². The summed E-state index contributed by atoms with van der Waals surface area (Å²) in [5, 5.41) is 0. The van der Waals surface area contributed by atoms with Crippen LogP contribution in [-0.2, 0) is 48.2 Å². The molecular formula is C72H135N3O9S3. The lowest BCUT2D eigenvalue weighted by atomic mass is 10.0. The van der Waals surface area contributed by atoms with E-state index in [4.69, 9.17) is 14.2 Å². The number of hydrogen-bond acceptors (Lipinski definition) is 12. The first kappa shape index (κ1) is 82.9. The molecule has 0 fully saturated rings. The van der Waals surface area contributed by atoms with Crippen molar-refractivity contribution >= 4 is 53.2 Å².